The monoisotopic (exact) mass is 582 g/mol. The van der Waals surface area contributed by atoms with Crippen molar-refractivity contribution in [3.63, 3.8) is 0 Å². The van der Waals surface area contributed by atoms with Crippen LogP contribution in [0.5, 0.6) is 11.5 Å². The molecule has 0 amide bonds. The summed E-state index contributed by atoms with van der Waals surface area (Å²) in [5, 5.41) is 7.83. The fourth-order valence-electron chi connectivity index (χ4n) is 4.95. The standard InChI is InChI=1S/C38H32O2P2/c1-5-17-33(18-6-1)41(34-19-7-2-8-20-34)37-25-13-15-31(29-37)39-27-28-40-32-16-14-26-38(30-32)42(35-21-9-3-10-22-35)36-23-11-4-12-24-36/h1-26,29-30H,27-28H2. The van der Waals surface area contributed by atoms with Crippen molar-refractivity contribution in [3.8, 4) is 11.5 Å². The summed E-state index contributed by atoms with van der Waals surface area (Å²) >= 11 is 0. The average molecular weight is 583 g/mol. The Morgan fingerprint density at radius 3 is 0.905 bits per heavy atom. The van der Waals surface area contributed by atoms with Crippen molar-refractivity contribution < 1.29 is 9.47 Å². The minimum Gasteiger partial charge on any atom is -0.490 e. The van der Waals surface area contributed by atoms with E-state index < -0.39 is 15.8 Å². The Balaban J connectivity index is 1.14. The first-order valence-corrected chi connectivity index (χ1v) is 16.8. The molecule has 0 radical (unpaired) electrons. The number of ether oxygens (including phenoxy) is 2. The van der Waals surface area contributed by atoms with E-state index in [4.69, 9.17) is 9.47 Å². The maximum absolute atomic E-state index is 6.20. The molecule has 4 heteroatoms. The molecule has 0 saturated heterocycles. The molecule has 0 heterocycles. The topological polar surface area (TPSA) is 18.5 Å². The largest absolute Gasteiger partial charge is 0.490 e. The van der Waals surface area contributed by atoms with Crippen LogP contribution in [0.4, 0.5) is 0 Å². The van der Waals surface area contributed by atoms with Crippen molar-refractivity contribution in [2.45, 2.75) is 0 Å². The van der Waals surface area contributed by atoms with Gasteiger partial charge in [0.25, 0.3) is 0 Å². The Morgan fingerprint density at radius 1 is 0.310 bits per heavy atom. The van der Waals surface area contributed by atoms with Gasteiger partial charge < -0.3 is 9.47 Å². The lowest BCUT2D eigenvalue weighted by molar-refractivity contribution is 0.217. The molecular formula is C38H32O2P2. The van der Waals surface area contributed by atoms with Crippen LogP contribution in [0.15, 0.2) is 170 Å². The van der Waals surface area contributed by atoms with Gasteiger partial charge >= 0.3 is 0 Å². The molecule has 0 aromatic heterocycles. The van der Waals surface area contributed by atoms with Crippen LogP contribution in [-0.2, 0) is 0 Å². The number of hydrogen-bond donors (Lipinski definition) is 0. The molecule has 0 aliphatic rings. The fourth-order valence-corrected chi connectivity index (χ4v) is 9.60. The molecule has 6 aromatic rings. The molecule has 0 atom stereocenters. The molecule has 6 aromatic carbocycles. The molecular weight excluding hydrogens is 550 g/mol. The SMILES string of the molecule is c1ccc(P(c2ccccc2)c2cccc(OCCOc3cccc(P(c4ccccc4)c4ccccc4)c3)c2)cc1. The van der Waals surface area contributed by atoms with Gasteiger partial charge in [0.05, 0.1) is 0 Å². The Labute approximate surface area is 251 Å². The second kappa shape index (κ2) is 14.1. The third kappa shape index (κ3) is 6.97. The highest BCUT2D eigenvalue weighted by Crippen LogP contribution is 2.35. The highest BCUT2D eigenvalue weighted by molar-refractivity contribution is 7.80. The van der Waals surface area contributed by atoms with Gasteiger partial charge in [-0.2, -0.15) is 0 Å². The molecule has 2 nitrogen and oxygen atoms in total. The number of rotatable bonds is 11. The van der Waals surface area contributed by atoms with E-state index in [0.717, 1.165) is 11.5 Å². The fraction of sp³-hybridized carbons (Fsp3) is 0.0526. The molecule has 42 heavy (non-hydrogen) atoms. The minimum absolute atomic E-state index is 0.467. The van der Waals surface area contributed by atoms with Crippen molar-refractivity contribution >= 4 is 47.7 Å². The van der Waals surface area contributed by atoms with E-state index in [-0.39, 0.29) is 0 Å². The molecule has 0 aliphatic heterocycles. The van der Waals surface area contributed by atoms with Gasteiger partial charge in [0, 0.05) is 0 Å². The highest BCUT2D eigenvalue weighted by Gasteiger charge is 2.18. The van der Waals surface area contributed by atoms with E-state index in [1.807, 2.05) is 12.1 Å². The first-order valence-electron chi connectivity index (χ1n) is 14.1. The summed E-state index contributed by atoms with van der Waals surface area (Å²) in [6.07, 6.45) is 0. The normalized spacial score (nSPS) is 11.0. The summed E-state index contributed by atoms with van der Waals surface area (Å²) in [4.78, 5) is 0. The van der Waals surface area contributed by atoms with Crippen LogP contribution in [-0.4, -0.2) is 13.2 Å². The average Bonchev–Trinajstić information content (AvgIpc) is 3.06. The van der Waals surface area contributed by atoms with Crippen molar-refractivity contribution in [2.75, 3.05) is 13.2 Å². The van der Waals surface area contributed by atoms with E-state index in [9.17, 15) is 0 Å². The van der Waals surface area contributed by atoms with Crippen molar-refractivity contribution in [1.29, 1.82) is 0 Å². The van der Waals surface area contributed by atoms with Gasteiger partial charge in [-0.1, -0.05) is 146 Å². The molecule has 6 rings (SSSR count). The van der Waals surface area contributed by atoms with Gasteiger partial charge in [-0.3, -0.25) is 0 Å². The smallest absolute Gasteiger partial charge is 0.122 e. The van der Waals surface area contributed by atoms with Gasteiger partial charge in [-0.05, 0) is 71.9 Å². The van der Waals surface area contributed by atoms with Crippen molar-refractivity contribution in [3.05, 3.63) is 170 Å². The first kappa shape index (κ1) is 27.9. The lowest BCUT2D eigenvalue weighted by Gasteiger charge is -2.20. The summed E-state index contributed by atoms with van der Waals surface area (Å²) < 4.78 is 12.4. The third-order valence-electron chi connectivity index (χ3n) is 6.83. The summed E-state index contributed by atoms with van der Waals surface area (Å²) in [7, 11) is -1.35. The van der Waals surface area contributed by atoms with Gasteiger partial charge in [0.15, 0.2) is 0 Å². The zero-order valence-corrected chi connectivity index (χ0v) is 25.1. The number of benzene rings is 6. The maximum Gasteiger partial charge on any atom is 0.122 e. The van der Waals surface area contributed by atoms with Gasteiger partial charge in [0.2, 0.25) is 0 Å². The van der Waals surface area contributed by atoms with Crippen molar-refractivity contribution in [2.24, 2.45) is 0 Å². The van der Waals surface area contributed by atoms with Gasteiger partial charge in [-0.15, -0.1) is 0 Å². The Hall–Kier alpha value is -4.22. The molecule has 0 fully saturated rings. The van der Waals surface area contributed by atoms with Gasteiger partial charge in [0.1, 0.15) is 24.7 Å². The Morgan fingerprint density at radius 2 is 0.595 bits per heavy atom. The predicted molar refractivity (Wildman–Crippen MR) is 181 cm³/mol. The zero-order chi connectivity index (χ0) is 28.4. The molecule has 0 N–H and O–H groups in total. The zero-order valence-electron chi connectivity index (χ0n) is 23.3. The van der Waals surface area contributed by atoms with Crippen LogP contribution in [0.2, 0.25) is 0 Å². The van der Waals surface area contributed by atoms with E-state index in [1.165, 1.54) is 31.8 Å². The third-order valence-corrected chi connectivity index (χ3v) is 11.7. The van der Waals surface area contributed by atoms with Crippen LogP contribution in [0.1, 0.15) is 0 Å². The molecule has 0 bridgehead atoms. The van der Waals surface area contributed by atoms with Crippen molar-refractivity contribution in [1.82, 2.24) is 0 Å². The number of hydrogen-bond acceptors (Lipinski definition) is 2. The Bertz CT molecular complexity index is 1470. The quantitative estimate of drug-likeness (QED) is 0.126. The lowest BCUT2D eigenvalue weighted by Crippen LogP contribution is -2.21. The molecule has 206 valence electrons. The second-order valence-electron chi connectivity index (χ2n) is 9.70. The summed E-state index contributed by atoms with van der Waals surface area (Å²) in [5.74, 6) is 1.72. The molecule has 0 saturated carbocycles. The van der Waals surface area contributed by atoms with E-state index in [2.05, 4.69) is 158 Å². The van der Waals surface area contributed by atoms with Crippen LogP contribution in [0.3, 0.4) is 0 Å². The van der Waals surface area contributed by atoms with Crippen LogP contribution in [0, 0.1) is 0 Å². The first-order chi connectivity index (χ1) is 20.8. The second-order valence-corrected chi connectivity index (χ2v) is 14.1. The summed E-state index contributed by atoms with van der Waals surface area (Å²) in [5.41, 5.74) is 0. The van der Waals surface area contributed by atoms with Gasteiger partial charge in [-0.25, -0.2) is 0 Å². The maximum atomic E-state index is 6.20. The highest BCUT2D eigenvalue weighted by atomic mass is 31.1. The van der Waals surface area contributed by atoms with E-state index >= 15 is 0 Å². The molecule has 0 unspecified atom stereocenters. The van der Waals surface area contributed by atoms with E-state index in [1.54, 1.807) is 0 Å². The molecule has 0 spiro atoms. The molecule has 0 aliphatic carbocycles. The minimum atomic E-state index is -0.675. The van der Waals surface area contributed by atoms with Crippen LogP contribution >= 0.6 is 15.8 Å². The lowest BCUT2D eigenvalue weighted by atomic mass is 10.3. The van der Waals surface area contributed by atoms with E-state index in [0.29, 0.717) is 13.2 Å². The predicted octanol–water partition coefficient (Wildman–Crippen LogP) is 6.66. The summed E-state index contributed by atoms with van der Waals surface area (Å²) in [6, 6.07) is 60.0. The van der Waals surface area contributed by atoms with Crippen LogP contribution < -0.4 is 41.3 Å². The Kier molecular flexibility index (Phi) is 9.38. The summed E-state index contributed by atoms with van der Waals surface area (Å²) in [6.45, 7) is 0.933. The van der Waals surface area contributed by atoms with Crippen LogP contribution in [0.25, 0.3) is 0 Å².